The molecule has 1 heterocycles. The highest BCUT2D eigenvalue weighted by Gasteiger charge is 2.33. The van der Waals surface area contributed by atoms with Crippen molar-refractivity contribution in [3.8, 4) is 0 Å². The number of hydrogen-bond acceptors (Lipinski definition) is 1. The molecule has 0 bridgehead atoms. The minimum Gasteiger partial charge on any atom is -0.338 e. The normalized spacial score (nSPS) is 21.1. The van der Waals surface area contributed by atoms with Gasteiger partial charge in [0.05, 0.1) is 6.42 Å². The van der Waals surface area contributed by atoms with Gasteiger partial charge in [0.2, 0.25) is 5.91 Å². The summed E-state index contributed by atoms with van der Waals surface area (Å²) in [4.78, 5) is 15.5. The van der Waals surface area contributed by atoms with Gasteiger partial charge in [-0.05, 0) is 43.2 Å². The lowest BCUT2D eigenvalue weighted by molar-refractivity contribution is -0.134. The number of benzene rings is 2. The van der Waals surface area contributed by atoms with Crippen molar-refractivity contribution in [2.45, 2.75) is 58.4 Å². The first-order valence-corrected chi connectivity index (χ1v) is 10.7. The monoisotopic (exact) mass is 375 g/mol. The van der Waals surface area contributed by atoms with E-state index in [1.807, 2.05) is 18.2 Å². The van der Waals surface area contributed by atoms with Gasteiger partial charge in [-0.15, -0.1) is 0 Å². The molecule has 1 saturated heterocycles. The van der Waals surface area contributed by atoms with E-state index in [9.17, 15) is 4.79 Å². The van der Waals surface area contributed by atoms with Gasteiger partial charge < -0.3 is 4.90 Å². The number of hydrogen-bond donors (Lipinski definition) is 0. The van der Waals surface area contributed by atoms with Crippen molar-refractivity contribution >= 4 is 5.91 Å². The molecule has 28 heavy (non-hydrogen) atoms. The van der Waals surface area contributed by atoms with Crippen LogP contribution in [0.15, 0.2) is 72.3 Å². The average Bonchev–Trinajstić information content (AvgIpc) is 2.73. The summed E-state index contributed by atoms with van der Waals surface area (Å²) in [6, 6.07) is 21.0. The van der Waals surface area contributed by atoms with Crippen molar-refractivity contribution in [2.75, 3.05) is 6.54 Å². The molecule has 2 heteroatoms. The molecule has 3 rings (SSSR count). The minimum atomic E-state index is 0.252. The second kappa shape index (κ2) is 10.3. The zero-order valence-electron chi connectivity index (χ0n) is 17.3. The lowest BCUT2D eigenvalue weighted by Gasteiger charge is -2.42. The van der Waals surface area contributed by atoms with Gasteiger partial charge >= 0.3 is 0 Å². The Morgan fingerprint density at radius 3 is 2.29 bits per heavy atom. The quantitative estimate of drug-likeness (QED) is 0.558. The molecule has 0 unspecified atom stereocenters. The summed E-state index contributed by atoms with van der Waals surface area (Å²) in [5.41, 5.74) is 3.96. The molecule has 0 N–H and O–H groups in total. The number of piperidine rings is 1. The van der Waals surface area contributed by atoms with Crippen LogP contribution in [-0.2, 0) is 17.6 Å². The summed E-state index contributed by atoms with van der Waals surface area (Å²) < 4.78 is 0. The van der Waals surface area contributed by atoms with Gasteiger partial charge in [0.15, 0.2) is 0 Å². The van der Waals surface area contributed by atoms with Crippen molar-refractivity contribution in [1.29, 1.82) is 0 Å². The molecular formula is C26H33NO. The Balaban J connectivity index is 1.80. The van der Waals surface area contributed by atoms with Crippen molar-refractivity contribution in [1.82, 2.24) is 4.90 Å². The average molecular weight is 376 g/mol. The topological polar surface area (TPSA) is 20.3 Å². The highest BCUT2D eigenvalue weighted by molar-refractivity contribution is 5.79. The maximum Gasteiger partial charge on any atom is 0.227 e. The van der Waals surface area contributed by atoms with E-state index in [1.54, 1.807) is 0 Å². The molecule has 2 nitrogen and oxygen atoms in total. The van der Waals surface area contributed by atoms with Crippen LogP contribution >= 0.6 is 0 Å². The van der Waals surface area contributed by atoms with Crippen molar-refractivity contribution in [3.63, 3.8) is 0 Å². The van der Waals surface area contributed by atoms with E-state index in [-0.39, 0.29) is 11.9 Å². The SMILES string of the molecule is C/C=C1/C[C@H](Cc2ccccc2)N(C(=O)Cc2ccccc2)C[C@H]1CCCC. The fourth-order valence-electron chi connectivity index (χ4n) is 4.38. The second-order valence-corrected chi connectivity index (χ2v) is 7.96. The molecule has 0 spiro atoms. The number of amides is 1. The molecule has 0 aliphatic carbocycles. The maximum atomic E-state index is 13.3. The zero-order chi connectivity index (χ0) is 19.8. The summed E-state index contributed by atoms with van der Waals surface area (Å²) in [5.74, 6) is 0.778. The van der Waals surface area contributed by atoms with E-state index in [4.69, 9.17) is 0 Å². The van der Waals surface area contributed by atoms with Crippen LogP contribution in [0.4, 0.5) is 0 Å². The first-order valence-electron chi connectivity index (χ1n) is 10.7. The van der Waals surface area contributed by atoms with Gasteiger partial charge in [0, 0.05) is 12.6 Å². The van der Waals surface area contributed by atoms with Gasteiger partial charge in [-0.1, -0.05) is 92.1 Å². The van der Waals surface area contributed by atoms with E-state index in [0.29, 0.717) is 12.3 Å². The fraction of sp³-hybridized carbons (Fsp3) is 0.423. The molecule has 2 aromatic rings. The Labute approximate surface area is 170 Å². The largest absolute Gasteiger partial charge is 0.338 e. The van der Waals surface area contributed by atoms with Crippen LogP contribution in [0.2, 0.25) is 0 Å². The molecule has 1 aliphatic rings. The van der Waals surface area contributed by atoms with Gasteiger partial charge in [-0.25, -0.2) is 0 Å². The summed E-state index contributed by atoms with van der Waals surface area (Å²) in [6.07, 6.45) is 8.35. The molecular weight excluding hydrogens is 342 g/mol. The van der Waals surface area contributed by atoms with E-state index < -0.39 is 0 Å². The summed E-state index contributed by atoms with van der Waals surface area (Å²) >= 11 is 0. The van der Waals surface area contributed by atoms with Gasteiger partial charge in [0.25, 0.3) is 0 Å². The Hall–Kier alpha value is -2.35. The molecule has 0 saturated carbocycles. The van der Waals surface area contributed by atoms with E-state index in [1.165, 1.54) is 30.4 Å². The molecule has 0 radical (unpaired) electrons. The lowest BCUT2D eigenvalue weighted by Crippen LogP contribution is -2.49. The van der Waals surface area contributed by atoms with E-state index in [2.05, 4.69) is 67.3 Å². The van der Waals surface area contributed by atoms with Crippen molar-refractivity contribution < 1.29 is 4.79 Å². The first kappa shape index (κ1) is 20.4. The van der Waals surface area contributed by atoms with E-state index >= 15 is 0 Å². The van der Waals surface area contributed by atoms with Gasteiger partial charge in [-0.3, -0.25) is 4.79 Å². The number of unbranched alkanes of at least 4 members (excludes halogenated alkanes) is 1. The van der Waals surface area contributed by atoms with Crippen LogP contribution in [0.5, 0.6) is 0 Å². The third-order valence-corrected chi connectivity index (χ3v) is 5.96. The Morgan fingerprint density at radius 1 is 1.04 bits per heavy atom. The molecule has 1 aliphatic heterocycles. The Bertz CT molecular complexity index is 766. The number of carbonyl (C=O) groups excluding carboxylic acids is 1. The number of carbonyl (C=O) groups is 1. The summed E-state index contributed by atoms with van der Waals surface area (Å²) in [5, 5.41) is 0. The van der Waals surface area contributed by atoms with E-state index in [0.717, 1.165) is 24.9 Å². The molecule has 148 valence electrons. The molecule has 2 aromatic carbocycles. The highest BCUT2D eigenvalue weighted by atomic mass is 16.2. The van der Waals surface area contributed by atoms with Crippen LogP contribution in [0.3, 0.4) is 0 Å². The summed E-state index contributed by atoms with van der Waals surface area (Å²) in [7, 11) is 0. The number of allylic oxidation sites excluding steroid dienone is 1. The predicted octanol–water partition coefficient (Wildman–Crippen LogP) is 5.83. The molecule has 0 aromatic heterocycles. The van der Waals surface area contributed by atoms with Crippen LogP contribution < -0.4 is 0 Å². The summed E-state index contributed by atoms with van der Waals surface area (Å²) in [6.45, 7) is 5.27. The number of nitrogens with zero attached hydrogens (tertiary/aromatic N) is 1. The molecule has 1 amide bonds. The Morgan fingerprint density at radius 2 is 1.68 bits per heavy atom. The van der Waals surface area contributed by atoms with Crippen LogP contribution in [0, 0.1) is 5.92 Å². The lowest BCUT2D eigenvalue weighted by atomic mass is 9.82. The number of rotatable bonds is 7. The maximum absolute atomic E-state index is 13.3. The minimum absolute atomic E-state index is 0.252. The second-order valence-electron chi connectivity index (χ2n) is 7.96. The molecule has 1 fully saturated rings. The van der Waals surface area contributed by atoms with Crippen LogP contribution in [-0.4, -0.2) is 23.4 Å². The Kier molecular flexibility index (Phi) is 7.47. The first-order chi connectivity index (χ1) is 13.7. The van der Waals surface area contributed by atoms with Crippen LogP contribution in [0.1, 0.15) is 50.7 Å². The van der Waals surface area contributed by atoms with Crippen molar-refractivity contribution in [2.24, 2.45) is 5.92 Å². The van der Waals surface area contributed by atoms with Crippen LogP contribution in [0.25, 0.3) is 0 Å². The molecule has 2 atom stereocenters. The zero-order valence-corrected chi connectivity index (χ0v) is 17.3. The smallest absolute Gasteiger partial charge is 0.227 e. The highest BCUT2D eigenvalue weighted by Crippen LogP contribution is 2.33. The number of likely N-dealkylation sites (tertiary alicyclic amines) is 1. The van der Waals surface area contributed by atoms with Crippen molar-refractivity contribution in [3.05, 3.63) is 83.4 Å². The van der Waals surface area contributed by atoms with Gasteiger partial charge in [-0.2, -0.15) is 0 Å². The third-order valence-electron chi connectivity index (χ3n) is 5.96. The third kappa shape index (κ3) is 5.34. The fourth-order valence-corrected chi connectivity index (χ4v) is 4.38. The van der Waals surface area contributed by atoms with Gasteiger partial charge in [0.1, 0.15) is 0 Å². The standard InChI is InChI=1S/C26H33NO/c1-3-5-16-24-20-27(26(28)18-22-14-10-7-11-15-22)25(19-23(24)4-2)17-21-12-8-6-9-13-21/h4,6-15,24-25H,3,5,16-20H2,1-2H3/b23-4-/t24-,25+/m1/s1. The predicted molar refractivity (Wildman–Crippen MR) is 117 cm³/mol.